The maximum atomic E-state index is 13.2. The number of unbranched alkanes of at least 4 members (excludes halogenated alkanes) is 26. The fraction of sp³-hybridized carbons (Fsp3) is 0.754. The van der Waals surface area contributed by atoms with Crippen molar-refractivity contribution in [1.29, 1.82) is 0 Å². The number of hydrogen-bond acceptors (Lipinski definition) is 11. The summed E-state index contributed by atoms with van der Waals surface area (Å²) in [4.78, 5) is 51.2. The Kier molecular flexibility index (Phi) is 48.8. The first-order valence-electron chi connectivity index (χ1n) is 30.9. The standard InChI is InChI=1S/C65H110O12/c1-4-7-10-13-16-19-22-25-27-29-31-34-36-39-42-45-48-51-57(66)73-54-56(75-58(67)52-49-46-43-40-38-35-32-30-28-26-23-20-17-14-11-8-5-2)55-74-65-63(61(70)60(69)62(77-65)64(71)72)76-59(68)53-50-47-44-41-37-33-24-21-18-15-12-9-6-3/h7,9-10,12,16,18-19,21,25,27,33,37,56,60-63,65,69-70H,4-6,8,11,13-15,17,20,22-24,26,28-32,34-36,38-55H2,1-3H3,(H,71,72)/b10-7-,12-9-,19-16-,21-18-,27-25-,37-33-. The molecule has 0 amide bonds. The molecule has 0 aromatic heterocycles. The van der Waals surface area contributed by atoms with Crippen molar-refractivity contribution < 1.29 is 58.2 Å². The van der Waals surface area contributed by atoms with Crippen LogP contribution in [-0.4, -0.2) is 89.2 Å². The maximum Gasteiger partial charge on any atom is 0.335 e. The zero-order valence-electron chi connectivity index (χ0n) is 48.7. The first-order chi connectivity index (χ1) is 37.6. The van der Waals surface area contributed by atoms with Gasteiger partial charge >= 0.3 is 23.9 Å². The minimum absolute atomic E-state index is 0.0238. The molecule has 0 aromatic rings. The number of esters is 3. The maximum absolute atomic E-state index is 13.2. The highest BCUT2D eigenvalue weighted by Crippen LogP contribution is 2.26. The molecule has 442 valence electrons. The van der Waals surface area contributed by atoms with Crippen LogP contribution in [0.25, 0.3) is 0 Å². The molecule has 0 spiro atoms. The molecular formula is C65H110O12. The highest BCUT2D eigenvalue weighted by molar-refractivity contribution is 5.74. The lowest BCUT2D eigenvalue weighted by molar-refractivity contribution is -0.301. The van der Waals surface area contributed by atoms with Crippen LogP contribution in [0.4, 0.5) is 0 Å². The Hall–Kier alpha value is -3.84. The Morgan fingerprint density at radius 1 is 0.442 bits per heavy atom. The van der Waals surface area contributed by atoms with Crippen molar-refractivity contribution >= 4 is 23.9 Å². The molecule has 0 bridgehead atoms. The number of ether oxygens (including phenoxy) is 5. The predicted molar refractivity (Wildman–Crippen MR) is 312 cm³/mol. The molecule has 0 aromatic carbocycles. The molecule has 0 radical (unpaired) electrons. The molecule has 12 heteroatoms. The number of aliphatic hydroxyl groups is 2. The molecule has 12 nitrogen and oxygen atoms in total. The van der Waals surface area contributed by atoms with Gasteiger partial charge in [0.1, 0.15) is 18.8 Å². The van der Waals surface area contributed by atoms with Gasteiger partial charge in [0.15, 0.2) is 24.6 Å². The van der Waals surface area contributed by atoms with Crippen LogP contribution in [0.1, 0.15) is 265 Å². The molecule has 6 atom stereocenters. The van der Waals surface area contributed by atoms with Gasteiger partial charge < -0.3 is 39.0 Å². The number of carboxylic acid groups (broad SMARTS) is 1. The van der Waals surface area contributed by atoms with E-state index in [1.54, 1.807) is 0 Å². The van der Waals surface area contributed by atoms with Gasteiger partial charge in [-0.1, -0.05) is 235 Å². The van der Waals surface area contributed by atoms with E-state index in [-0.39, 0.29) is 25.9 Å². The van der Waals surface area contributed by atoms with Crippen molar-refractivity contribution in [3.8, 4) is 0 Å². The van der Waals surface area contributed by atoms with Crippen LogP contribution in [0.3, 0.4) is 0 Å². The number of rotatable bonds is 52. The summed E-state index contributed by atoms with van der Waals surface area (Å²) in [5, 5.41) is 31.5. The molecule has 1 rings (SSSR count). The number of aliphatic hydroxyl groups excluding tert-OH is 2. The second-order valence-electron chi connectivity index (χ2n) is 20.9. The Balaban J connectivity index is 2.69. The number of carbonyl (C=O) groups is 4. The number of carbonyl (C=O) groups excluding carboxylic acids is 3. The second kappa shape index (κ2) is 52.8. The lowest BCUT2D eigenvalue weighted by Crippen LogP contribution is -2.61. The van der Waals surface area contributed by atoms with E-state index in [0.29, 0.717) is 19.3 Å². The first kappa shape index (κ1) is 71.2. The SMILES string of the molecule is CC/C=C\C/C=C\C/C=C\CCCCCCCCCC(=O)OCC(COC1OC(C(=O)O)C(O)C(O)C1OC(=O)CCCCC/C=C\C/C=C\C/C=C\CC)OC(=O)CCCCCCCCCCCCCCCCCCC. The van der Waals surface area contributed by atoms with Gasteiger partial charge in [0, 0.05) is 19.3 Å². The van der Waals surface area contributed by atoms with Gasteiger partial charge in [0.05, 0.1) is 6.61 Å². The zero-order chi connectivity index (χ0) is 56.1. The van der Waals surface area contributed by atoms with E-state index in [9.17, 15) is 34.5 Å². The normalized spacial score (nSPS) is 18.5. The topological polar surface area (TPSA) is 175 Å². The zero-order valence-corrected chi connectivity index (χ0v) is 48.7. The summed E-state index contributed by atoms with van der Waals surface area (Å²) in [5.74, 6) is -3.16. The molecule has 3 N–H and O–H groups in total. The average molecular weight is 1080 g/mol. The molecule has 1 aliphatic heterocycles. The summed E-state index contributed by atoms with van der Waals surface area (Å²) in [5.41, 5.74) is 0. The summed E-state index contributed by atoms with van der Waals surface area (Å²) in [7, 11) is 0. The molecule has 1 fully saturated rings. The Labute approximate surface area is 468 Å². The minimum atomic E-state index is -1.91. The summed E-state index contributed by atoms with van der Waals surface area (Å²) < 4.78 is 28.4. The molecular weight excluding hydrogens is 973 g/mol. The first-order valence-corrected chi connectivity index (χ1v) is 30.9. The van der Waals surface area contributed by atoms with Crippen LogP contribution in [0.5, 0.6) is 0 Å². The number of carboxylic acids is 1. The lowest BCUT2D eigenvalue weighted by atomic mass is 9.98. The smallest absolute Gasteiger partial charge is 0.335 e. The molecule has 1 aliphatic rings. The van der Waals surface area contributed by atoms with Gasteiger partial charge in [-0.2, -0.15) is 0 Å². The van der Waals surface area contributed by atoms with Crippen LogP contribution in [0, 0.1) is 0 Å². The molecule has 77 heavy (non-hydrogen) atoms. The van der Waals surface area contributed by atoms with Crippen LogP contribution in [0.2, 0.25) is 0 Å². The molecule has 1 heterocycles. The van der Waals surface area contributed by atoms with Crippen molar-refractivity contribution in [2.75, 3.05) is 13.2 Å². The molecule has 0 aliphatic carbocycles. The van der Waals surface area contributed by atoms with Crippen LogP contribution >= 0.6 is 0 Å². The number of allylic oxidation sites excluding steroid dienone is 12. The second-order valence-corrected chi connectivity index (χ2v) is 20.9. The fourth-order valence-electron chi connectivity index (χ4n) is 9.10. The Morgan fingerprint density at radius 3 is 1.26 bits per heavy atom. The van der Waals surface area contributed by atoms with Crippen molar-refractivity contribution in [2.45, 2.75) is 302 Å². The van der Waals surface area contributed by atoms with Crippen LogP contribution in [-0.2, 0) is 42.9 Å². The summed E-state index contributed by atoms with van der Waals surface area (Å²) in [6, 6.07) is 0. The van der Waals surface area contributed by atoms with Gasteiger partial charge in [0.25, 0.3) is 0 Å². The monoisotopic (exact) mass is 1080 g/mol. The molecule has 0 saturated carbocycles. The van der Waals surface area contributed by atoms with E-state index >= 15 is 0 Å². The summed E-state index contributed by atoms with van der Waals surface area (Å²) >= 11 is 0. The Morgan fingerprint density at radius 2 is 0.818 bits per heavy atom. The van der Waals surface area contributed by atoms with Crippen molar-refractivity contribution in [3.05, 3.63) is 72.9 Å². The van der Waals surface area contributed by atoms with Crippen LogP contribution in [0.15, 0.2) is 72.9 Å². The minimum Gasteiger partial charge on any atom is -0.479 e. The number of hydrogen-bond donors (Lipinski definition) is 3. The van der Waals surface area contributed by atoms with Crippen molar-refractivity contribution in [2.24, 2.45) is 0 Å². The predicted octanol–water partition coefficient (Wildman–Crippen LogP) is 16.1. The summed E-state index contributed by atoms with van der Waals surface area (Å²) in [6.45, 7) is 5.77. The van der Waals surface area contributed by atoms with E-state index in [1.165, 1.54) is 89.9 Å². The van der Waals surface area contributed by atoms with Crippen molar-refractivity contribution in [3.63, 3.8) is 0 Å². The quantitative estimate of drug-likeness (QED) is 0.0228. The van der Waals surface area contributed by atoms with E-state index in [1.807, 2.05) is 0 Å². The van der Waals surface area contributed by atoms with Gasteiger partial charge in [-0.3, -0.25) is 14.4 Å². The van der Waals surface area contributed by atoms with Crippen LogP contribution < -0.4 is 0 Å². The fourth-order valence-corrected chi connectivity index (χ4v) is 9.10. The summed E-state index contributed by atoms with van der Waals surface area (Å²) in [6.07, 6.45) is 54.4. The van der Waals surface area contributed by atoms with Gasteiger partial charge in [-0.05, 0) is 83.5 Å². The molecule has 1 saturated heterocycles. The highest BCUT2D eigenvalue weighted by atomic mass is 16.7. The van der Waals surface area contributed by atoms with E-state index in [4.69, 9.17) is 23.7 Å². The van der Waals surface area contributed by atoms with Gasteiger partial charge in [0.2, 0.25) is 0 Å². The third kappa shape index (κ3) is 42.7. The average Bonchev–Trinajstić information content (AvgIpc) is 3.42. The largest absolute Gasteiger partial charge is 0.479 e. The Bertz CT molecular complexity index is 1620. The highest BCUT2D eigenvalue weighted by Gasteiger charge is 2.50. The van der Waals surface area contributed by atoms with E-state index in [0.717, 1.165) is 116 Å². The van der Waals surface area contributed by atoms with E-state index < -0.39 is 67.3 Å². The third-order valence-electron chi connectivity index (χ3n) is 13.8. The van der Waals surface area contributed by atoms with E-state index in [2.05, 4.69) is 93.7 Å². The number of aliphatic carboxylic acids is 1. The molecule has 6 unspecified atom stereocenters. The van der Waals surface area contributed by atoms with Gasteiger partial charge in [-0.15, -0.1) is 0 Å². The van der Waals surface area contributed by atoms with Crippen molar-refractivity contribution in [1.82, 2.24) is 0 Å². The lowest BCUT2D eigenvalue weighted by Gasteiger charge is -2.40. The van der Waals surface area contributed by atoms with Gasteiger partial charge in [-0.25, -0.2) is 4.79 Å². The third-order valence-corrected chi connectivity index (χ3v) is 13.8.